The van der Waals surface area contributed by atoms with Gasteiger partial charge in [0.1, 0.15) is 0 Å². The molecular formula is C17H28BrNO3. The second-order valence-corrected chi connectivity index (χ2v) is 5.89. The molecule has 126 valence electrons. The molecule has 0 bridgehead atoms. The Bertz CT molecular complexity index is 427. The predicted octanol–water partition coefficient (Wildman–Crippen LogP) is 4.15. The molecule has 0 aromatic heterocycles. The van der Waals surface area contributed by atoms with Gasteiger partial charge in [0.15, 0.2) is 11.5 Å². The van der Waals surface area contributed by atoms with E-state index >= 15 is 0 Å². The van der Waals surface area contributed by atoms with Crippen molar-refractivity contribution in [2.75, 3.05) is 33.5 Å². The van der Waals surface area contributed by atoms with E-state index in [-0.39, 0.29) is 0 Å². The first-order valence-electron chi connectivity index (χ1n) is 8.00. The lowest BCUT2D eigenvalue weighted by molar-refractivity contribution is 0.129. The standard InChI is InChI=1S/C17H28BrNO3/c1-4-6-9-21-10-7-8-19-13-14-11-15(18)17(22-5-2)16(12-14)20-3/h11-12,19H,4-10,13H2,1-3H3. The molecule has 0 spiro atoms. The quantitative estimate of drug-likeness (QED) is 0.558. The lowest BCUT2D eigenvalue weighted by atomic mass is 10.2. The number of hydrogen-bond acceptors (Lipinski definition) is 4. The molecule has 1 N–H and O–H groups in total. The SMILES string of the molecule is CCCCOCCCNCc1cc(Br)c(OCC)c(OC)c1. The maximum atomic E-state index is 5.59. The number of ether oxygens (including phenoxy) is 3. The fourth-order valence-corrected chi connectivity index (χ4v) is 2.64. The van der Waals surface area contributed by atoms with Gasteiger partial charge in [0.2, 0.25) is 0 Å². The van der Waals surface area contributed by atoms with Crippen LogP contribution >= 0.6 is 15.9 Å². The number of unbranched alkanes of at least 4 members (excludes halogenated alkanes) is 1. The van der Waals surface area contributed by atoms with Crippen LogP contribution in [0, 0.1) is 0 Å². The lowest BCUT2D eigenvalue weighted by Gasteiger charge is -2.13. The Morgan fingerprint density at radius 3 is 2.59 bits per heavy atom. The van der Waals surface area contributed by atoms with E-state index in [0.29, 0.717) is 6.61 Å². The minimum atomic E-state index is 0.616. The second kappa shape index (κ2) is 11.7. The fraction of sp³-hybridized carbons (Fsp3) is 0.647. The zero-order valence-corrected chi connectivity index (χ0v) is 15.5. The molecule has 0 aliphatic heterocycles. The van der Waals surface area contributed by atoms with E-state index in [1.54, 1.807) is 7.11 Å². The molecule has 0 unspecified atom stereocenters. The number of nitrogens with one attached hydrogen (secondary N) is 1. The van der Waals surface area contributed by atoms with Crippen molar-refractivity contribution in [1.29, 1.82) is 0 Å². The number of rotatable bonds is 12. The number of hydrogen-bond donors (Lipinski definition) is 1. The molecule has 0 saturated carbocycles. The summed E-state index contributed by atoms with van der Waals surface area (Å²) in [6, 6.07) is 4.08. The average Bonchev–Trinajstić information content (AvgIpc) is 2.52. The van der Waals surface area contributed by atoms with E-state index in [1.807, 2.05) is 13.0 Å². The summed E-state index contributed by atoms with van der Waals surface area (Å²) in [4.78, 5) is 0. The molecule has 0 saturated heterocycles. The fourth-order valence-electron chi connectivity index (χ4n) is 2.04. The molecule has 5 heteroatoms. The molecule has 1 rings (SSSR count). The highest BCUT2D eigenvalue weighted by atomic mass is 79.9. The summed E-state index contributed by atoms with van der Waals surface area (Å²) in [6.45, 7) is 8.20. The molecule has 0 fully saturated rings. The Labute approximate surface area is 142 Å². The van der Waals surface area contributed by atoms with E-state index in [2.05, 4.69) is 34.2 Å². The van der Waals surface area contributed by atoms with Gasteiger partial charge in [-0.2, -0.15) is 0 Å². The Morgan fingerprint density at radius 2 is 1.91 bits per heavy atom. The van der Waals surface area contributed by atoms with Gasteiger partial charge in [-0.05, 0) is 59.9 Å². The molecule has 0 amide bonds. The summed E-state index contributed by atoms with van der Waals surface area (Å²) < 4.78 is 17.5. The van der Waals surface area contributed by atoms with Crippen molar-refractivity contribution in [2.24, 2.45) is 0 Å². The van der Waals surface area contributed by atoms with Gasteiger partial charge < -0.3 is 19.5 Å². The van der Waals surface area contributed by atoms with Crippen LogP contribution in [-0.2, 0) is 11.3 Å². The molecule has 1 aromatic carbocycles. The highest BCUT2D eigenvalue weighted by molar-refractivity contribution is 9.10. The van der Waals surface area contributed by atoms with Crippen molar-refractivity contribution < 1.29 is 14.2 Å². The molecule has 0 aliphatic carbocycles. The first-order chi connectivity index (χ1) is 10.7. The van der Waals surface area contributed by atoms with E-state index in [9.17, 15) is 0 Å². The molecule has 1 aromatic rings. The van der Waals surface area contributed by atoms with Crippen LogP contribution in [0.3, 0.4) is 0 Å². The van der Waals surface area contributed by atoms with Crippen molar-refractivity contribution in [2.45, 2.75) is 39.7 Å². The smallest absolute Gasteiger partial charge is 0.175 e. The van der Waals surface area contributed by atoms with Crippen LogP contribution in [0.15, 0.2) is 16.6 Å². The van der Waals surface area contributed by atoms with Crippen LogP contribution in [0.5, 0.6) is 11.5 Å². The third-order valence-corrected chi connectivity index (χ3v) is 3.78. The zero-order valence-electron chi connectivity index (χ0n) is 13.9. The molecule has 0 aliphatic rings. The van der Waals surface area contributed by atoms with Crippen LogP contribution in [0.2, 0.25) is 0 Å². The van der Waals surface area contributed by atoms with Crippen molar-refractivity contribution in [3.05, 3.63) is 22.2 Å². The van der Waals surface area contributed by atoms with Crippen molar-refractivity contribution in [3.8, 4) is 11.5 Å². The summed E-state index contributed by atoms with van der Waals surface area (Å²) in [6.07, 6.45) is 3.36. The molecule has 4 nitrogen and oxygen atoms in total. The third kappa shape index (κ3) is 6.99. The van der Waals surface area contributed by atoms with E-state index < -0.39 is 0 Å². The van der Waals surface area contributed by atoms with Crippen molar-refractivity contribution >= 4 is 15.9 Å². The van der Waals surface area contributed by atoms with Gasteiger partial charge in [0.05, 0.1) is 18.2 Å². The molecule has 0 radical (unpaired) electrons. The van der Waals surface area contributed by atoms with Crippen LogP contribution < -0.4 is 14.8 Å². The van der Waals surface area contributed by atoms with Gasteiger partial charge in [0.25, 0.3) is 0 Å². The zero-order chi connectivity index (χ0) is 16.2. The van der Waals surface area contributed by atoms with Crippen LogP contribution in [0.1, 0.15) is 38.7 Å². The minimum absolute atomic E-state index is 0.616. The van der Waals surface area contributed by atoms with Gasteiger partial charge >= 0.3 is 0 Å². The van der Waals surface area contributed by atoms with Crippen LogP contribution in [0.4, 0.5) is 0 Å². The van der Waals surface area contributed by atoms with E-state index in [0.717, 1.165) is 55.1 Å². The van der Waals surface area contributed by atoms with Crippen LogP contribution in [0.25, 0.3) is 0 Å². The normalized spacial score (nSPS) is 10.7. The maximum absolute atomic E-state index is 5.59. The summed E-state index contributed by atoms with van der Waals surface area (Å²) in [7, 11) is 1.66. The number of halogens is 1. The van der Waals surface area contributed by atoms with Gasteiger partial charge in [-0.1, -0.05) is 13.3 Å². The minimum Gasteiger partial charge on any atom is -0.493 e. The van der Waals surface area contributed by atoms with Gasteiger partial charge in [-0.25, -0.2) is 0 Å². The average molecular weight is 374 g/mol. The summed E-state index contributed by atoms with van der Waals surface area (Å²) in [5, 5.41) is 3.43. The topological polar surface area (TPSA) is 39.7 Å². The van der Waals surface area contributed by atoms with Gasteiger partial charge in [-0.15, -0.1) is 0 Å². The molecule has 0 heterocycles. The van der Waals surface area contributed by atoms with Gasteiger partial charge in [-0.3, -0.25) is 0 Å². The Kier molecular flexibility index (Phi) is 10.3. The van der Waals surface area contributed by atoms with E-state index in [1.165, 1.54) is 12.0 Å². The highest BCUT2D eigenvalue weighted by Crippen LogP contribution is 2.36. The predicted molar refractivity (Wildman–Crippen MR) is 93.9 cm³/mol. The number of benzene rings is 1. The molecule has 0 atom stereocenters. The Hall–Kier alpha value is -0.780. The monoisotopic (exact) mass is 373 g/mol. The Morgan fingerprint density at radius 1 is 1.14 bits per heavy atom. The largest absolute Gasteiger partial charge is 0.493 e. The number of methoxy groups -OCH3 is 1. The first-order valence-corrected chi connectivity index (χ1v) is 8.79. The third-order valence-electron chi connectivity index (χ3n) is 3.19. The lowest BCUT2D eigenvalue weighted by Crippen LogP contribution is -2.16. The Balaban J connectivity index is 2.35. The first kappa shape index (κ1) is 19.3. The molecule has 22 heavy (non-hydrogen) atoms. The summed E-state index contributed by atoms with van der Waals surface area (Å²) >= 11 is 3.54. The molecular weight excluding hydrogens is 346 g/mol. The second-order valence-electron chi connectivity index (χ2n) is 5.04. The maximum Gasteiger partial charge on any atom is 0.175 e. The van der Waals surface area contributed by atoms with Gasteiger partial charge in [0, 0.05) is 19.8 Å². The summed E-state index contributed by atoms with van der Waals surface area (Å²) in [5.74, 6) is 1.52. The van der Waals surface area contributed by atoms with Crippen molar-refractivity contribution in [1.82, 2.24) is 5.32 Å². The van der Waals surface area contributed by atoms with Crippen LogP contribution in [-0.4, -0.2) is 33.5 Å². The summed E-state index contributed by atoms with van der Waals surface area (Å²) in [5.41, 5.74) is 1.17. The highest BCUT2D eigenvalue weighted by Gasteiger charge is 2.10. The van der Waals surface area contributed by atoms with Crippen molar-refractivity contribution in [3.63, 3.8) is 0 Å². The van der Waals surface area contributed by atoms with E-state index in [4.69, 9.17) is 14.2 Å².